The van der Waals surface area contributed by atoms with E-state index in [1.807, 2.05) is 12.3 Å². The maximum absolute atomic E-state index is 4.51. The molecule has 0 saturated carbocycles. The van der Waals surface area contributed by atoms with E-state index in [0.29, 0.717) is 5.92 Å². The average Bonchev–Trinajstić information content (AvgIpc) is 2.39. The van der Waals surface area contributed by atoms with E-state index in [1.165, 1.54) is 16.9 Å². The molecular weight excluding hydrogens is 196 g/mol. The number of fused-ring (bicyclic) bond motifs is 1. The highest BCUT2D eigenvalue weighted by Crippen LogP contribution is 2.34. The maximum Gasteiger partial charge on any atom is 0.0709 e. The number of aromatic nitrogens is 1. The number of pyridine rings is 1. The third-order valence-corrected chi connectivity index (χ3v) is 3.12. The van der Waals surface area contributed by atoms with E-state index >= 15 is 0 Å². The van der Waals surface area contributed by atoms with Gasteiger partial charge in [-0.2, -0.15) is 0 Å². The third-order valence-electron chi connectivity index (χ3n) is 3.12. The molecule has 1 aliphatic rings. The van der Waals surface area contributed by atoms with Crippen molar-refractivity contribution in [2.45, 2.75) is 12.3 Å². The highest BCUT2D eigenvalue weighted by Gasteiger charge is 2.22. The number of benzene rings is 1. The molecule has 0 amide bonds. The Balaban J connectivity index is 2.05. The van der Waals surface area contributed by atoms with Gasteiger partial charge < -0.3 is 5.32 Å². The van der Waals surface area contributed by atoms with E-state index in [2.05, 4.69) is 46.7 Å². The van der Waals surface area contributed by atoms with Crippen LogP contribution in [0.4, 0.5) is 5.69 Å². The topological polar surface area (TPSA) is 24.9 Å². The molecule has 2 heteroatoms. The lowest BCUT2D eigenvalue weighted by Crippen LogP contribution is -2.18. The summed E-state index contributed by atoms with van der Waals surface area (Å²) >= 11 is 0. The van der Waals surface area contributed by atoms with Crippen molar-refractivity contribution in [3.8, 4) is 0 Å². The summed E-state index contributed by atoms with van der Waals surface area (Å²) in [6.45, 7) is 1.03. The van der Waals surface area contributed by atoms with Crippen LogP contribution >= 0.6 is 0 Å². The Hall–Kier alpha value is -1.83. The lowest BCUT2D eigenvalue weighted by molar-refractivity contribution is 0.697. The zero-order valence-electron chi connectivity index (χ0n) is 9.06. The predicted octanol–water partition coefficient (Wildman–Crippen LogP) is 3.03. The molecule has 2 aromatic rings. The summed E-state index contributed by atoms with van der Waals surface area (Å²) in [4.78, 5) is 4.51. The molecule has 0 radical (unpaired) electrons. The second-order valence-corrected chi connectivity index (χ2v) is 4.11. The average molecular weight is 210 g/mol. The molecule has 1 aromatic carbocycles. The van der Waals surface area contributed by atoms with Gasteiger partial charge in [0.1, 0.15) is 0 Å². The molecule has 0 aliphatic carbocycles. The van der Waals surface area contributed by atoms with E-state index in [4.69, 9.17) is 0 Å². The van der Waals surface area contributed by atoms with Crippen LogP contribution < -0.4 is 5.32 Å². The number of hydrogen-bond acceptors (Lipinski definition) is 2. The minimum absolute atomic E-state index is 0.443. The van der Waals surface area contributed by atoms with Gasteiger partial charge >= 0.3 is 0 Å². The zero-order valence-corrected chi connectivity index (χ0v) is 9.06. The predicted molar refractivity (Wildman–Crippen MR) is 65.6 cm³/mol. The molecule has 0 bridgehead atoms. The highest BCUT2D eigenvalue weighted by atomic mass is 14.9. The smallest absolute Gasteiger partial charge is 0.0709 e. The monoisotopic (exact) mass is 210 g/mol. The standard InChI is InChI=1S/C14H14N2/c1-2-5-11(6-3-1)12-8-10-15-13-7-4-9-16-14(12)13/h1-7,9,12,15H,8,10H2. The molecular formula is C14H14N2. The molecule has 1 N–H and O–H groups in total. The fourth-order valence-corrected chi connectivity index (χ4v) is 2.34. The van der Waals surface area contributed by atoms with Gasteiger partial charge in [-0.25, -0.2) is 0 Å². The van der Waals surface area contributed by atoms with Crippen LogP contribution in [0.5, 0.6) is 0 Å². The van der Waals surface area contributed by atoms with Gasteiger partial charge in [0.2, 0.25) is 0 Å². The van der Waals surface area contributed by atoms with Gasteiger partial charge in [-0.05, 0) is 24.1 Å². The van der Waals surface area contributed by atoms with Crippen LogP contribution in [0.3, 0.4) is 0 Å². The summed E-state index contributed by atoms with van der Waals surface area (Å²) in [6, 6.07) is 14.7. The van der Waals surface area contributed by atoms with Crippen LogP contribution in [0.15, 0.2) is 48.7 Å². The van der Waals surface area contributed by atoms with E-state index < -0.39 is 0 Å². The van der Waals surface area contributed by atoms with Crippen LogP contribution in [-0.2, 0) is 0 Å². The summed E-state index contributed by atoms with van der Waals surface area (Å²) in [5.41, 5.74) is 3.73. The molecule has 0 saturated heterocycles. The van der Waals surface area contributed by atoms with Crippen molar-refractivity contribution in [3.63, 3.8) is 0 Å². The molecule has 0 fully saturated rings. The Morgan fingerprint density at radius 3 is 2.81 bits per heavy atom. The summed E-state index contributed by atoms with van der Waals surface area (Å²) < 4.78 is 0. The van der Waals surface area contributed by atoms with Crippen molar-refractivity contribution in [3.05, 3.63) is 59.9 Å². The van der Waals surface area contributed by atoms with Crippen molar-refractivity contribution < 1.29 is 0 Å². The van der Waals surface area contributed by atoms with Gasteiger partial charge in [-0.3, -0.25) is 4.98 Å². The number of nitrogens with zero attached hydrogens (tertiary/aromatic N) is 1. The van der Waals surface area contributed by atoms with Crippen molar-refractivity contribution in [1.29, 1.82) is 0 Å². The quantitative estimate of drug-likeness (QED) is 0.782. The van der Waals surface area contributed by atoms with Gasteiger partial charge in [0.25, 0.3) is 0 Å². The molecule has 3 rings (SSSR count). The number of nitrogens with one attached hydrogen (secondary N) is 1. The Morgan fingerprint density at radius 1 is 1.06 bits per heavy atom. The van der Waals surface area contributed by atoms with E-state index in [9.17, 15) is 0 Å². The van der Waals surface area contributed by atoms with Crippen molar-refractivity contribution in [2.24, 2.45) is 0 Å². The minimum Gasteiger partial charge on any atom is -0.384 e. The van der Waals surface area contributed by atoms with E-state index in [0.717, 1.165) is 13.0 Å². The maximum atomic E-state index is 4.51. The molecule has 1 unspecified atom stereocenters. The minimum atomic E-state index is 0.443. The molecule has 1 aromatic heterocycles. The summed E-state index contributed by atoms with van der Waals surface area (Å²) in [6.07, 6.45) is 3.00. The fraction of sp³-hybridized carbons (Fsp3) is 0.214. The van der Waals surface area contributed by atoms with Crippen LogP contribution in [0, 0.1) is 0 Å². The first-order valence-corrected chi connectivity index (χ1v) is 5.69. The van der Waals surface area contributed by atoms with Crippen molar-refractivity contribution >= 4 is 5.69 Å². The number of hydrogen-bond donors (Lipinski definition) is 1. The molecule has 80 valence electrons. The SMILES string of the molecule is c1ccc(C2CCNc3cccnc32)cc1. The van der Waals surface area contributed by atoms with Gasteiger partial charge in [-0.1, -0.05) is 30.3 Å². The molecule has 1 aliphatic heterocycles. The van der Waals surface area contributed by atoms with Gasteiger partial charge in [-0.15, -0.1) is 0 Å². The van der Waals surface area contributed by atoms with Crippen molar-refractivity contribution in [2.75, 3.05) is 11.9 Å². The number of rotatable bonds is 1. The zero-order chi connectivity index (χ0) is 10.8. The summed E-state index contributed by atoms with van der Waals surface area (Å²) in [5.74, 6) is 0.443. The van der Waals surface area contributed by atoms with Crippen LogP contribution in [-0.4, -0.2) is 11.5 Å². The molecule has 0 spiro atoms. The molecule has 16 heavy (non-hydrogen) atoms. The Morgan fingerprint density at radius 2 is 1.94 bits per heavy atom. The van der Waals surface area contributed by atoms with Gasteiger partial charge in [0.15, 0.2) is 0 Å². The van der Waals surface area contributed by atoms with E-state index in [1.54, 1.807) is 0 Å². The van der Waals surface area contributed by atoms with Crippen LogP contribution in [0.1, 0.15) is 23.6 Å². The highest BCUT2D eigenvalue weighted by molar-refractivity contribution is 5.53. The van der Waals surface area contributed by atoms with Crippen molar-refractivity contribution in [1.82, 2.24) is 4.98 Å². The lowest BCUT2D eigenvalue weighted by atomic mass is 9.89. The second-order valence-electron chi connectivity index (χ2n) is 4.11. The third kappa shape index (κ3) is 1.56. The van der Waals surface area contributed by atoms with Crippen LogP contribution in [0.25, 0.3) is 0 Å². The largest absolute Gasteiger partial charge is 0.384 e. The second kappa shape index (κ2) is 3.97. The van der Waals surface area contributed by atoms with E-state index in [-0.39, 0.29) is 0 Å². The van der Waals surface area contributed by atoms with Crippen LogP contribution in [0.2, 0.25) is 0 Å². The Bertz CT molecular complexity index is 479. The van der Waals surface area contributed by atoms with Gasteiger partial charge in [0.05, 0.1) is 11.4 Å². The first-order chi connectivity index (χ1) is 7.95. The van der Waals surface area contributed by atoms with Gasteiger partial charge in [0, 0.05) is 18.7 Å². The Labute approximate surface area is 95.3 Å². The summed E-state index contributed by atoms with van der Waals surface area (Å²) in [5, 5.41) is 3.40. The molecule has 1 atom stereocenters. The molecule has 2 heterocycles. The molecule has 2 nitrogen and oxygen atoms in total. The normalized spacial score (nSPS) is 18.6. The fourth-order valence-electron chi connectivity index (χ4n) is 2.34. The first-order valence-electron chi connectivity index (χ1n) is 5.69. The Kier molecular flexibility index (Phi) is 2.33. The first kappa shape index (κ1) is 9.40. The lowest BCUT2D eigenvalue weighted by Gasteiger charge is -2.25. The number of anilines is 1. The summed E-state index contributed by atoms with van der Waals surface area (Å²) in [7, 11) is 0.